The van der Waals surface area contributed by atoms with Crippen LogP contribution in [0.1, 0.15) is 45.2 Å². The Kier molecular flexibility index (Phi) is 5.05. The van der Waals surface area contributed by atoms with Gasteiger partial charge >= 0.3 is 0 Å². The first kappa shape index (κ1) is 16.0. The predicted octanol–water partition coefficient (Wildman–Crippen LogP) is 5.11. The van der Waals surface area contributed by atoms with Gasteiger partial charge in [-0.2, -0.15) is 0 Å². The van der Waals surface area contributed by atoms with Gasteiger partial charge in [0.05, 0.1) is 0 Å². The van der Waals surface area contributed by atoms with Crippen LogP contribution in [0.4, 0.5) is 0 Å². The van der Waals surface area contributed by atoms with Crippen LogP contribution in [0, 0.1) is 12.3 Å². The molecule has 2 aromatic rings. The summed E-state index contributed by atoms with van der Waals surface area (Å²) in [7, 11) is 0. The fraction of sp³-hybridized carbons (Fsp3) is 0.500. The van der Waals surface area contributed by atoms with Gasteiger partial charge in [0.1, 0.15) is 0 Å². The van der Waals surface area contributed by atoms with Crippen molar-refractivity contribution in [3.8, 4) is 0 Å². The van der Waals surface area contributed by atoms with E-state index in [4.69, 9.17) is 0 Å². The monoisotopic (exact) mass is 283 g/mol. The molecule has 2 rings (SSSR count). The molecule has 0 aliphatic carbocycles. The number of benzene rings is 2. The Balaban J connectivity index is 2.12. The molecule has 0 atom stereocenters. The average molecular weight is 283 g/mol. The summed E-state index contributed by atoms with van der Waals surface area (Å²) in [6.45, 7) is 12.4. The summed E-state index contributed by atoms with van der Waals surface area (Å²) in [4.78, 5) is 0. The maximum Gasteiger partial charge on any atom is 0.00106 e. The second kappa shape index (κ2) is 6.62. The van der Waals surface area contributed by atoms with Crippen molar-refractivity contribution >= 4 is 10.8 Å². The van der Waals surface area contributed by atoms with E-state index >= 15 is 0 Å². The number of fused-ring (bicyclic) bond motifs is 1. The molecule has 0 amide bonds. The van der Waals surface area contributed by atoms with E-state index in [2.05, 4.69) is 76.3 Å². The number of hydrogen-bond acceptors (Lipinski definition) is 1. The summed E-state index contributed by atoms with van der Waals surface area (Å²) in [5.41, 5.74) is 3.18. The van der Waals surface area contributed by atoms with Gasteiger partial charge in [0.2, 0.25) is 0 Å². The summed E-state index contributed by atoms with van der Waals surface area (Å²) < 4.78 is 0. The van der Waals surface area contributed by atoms with Gasteiger partial charge in [0.25, 0.3) is 0 Å². The second-order valence-electron chi connectivity index (χ2n) is 7.29. The smallest absolute Gasteiger partial charge is 0.00106 e. The molecule has 1 heteroatoms. The first-order chi connectivity index (χ1) is 9.89. The molecule has 0 saturated heterocycles. The van der Waals surface area contributed by atoms with E-state index in [1.807, 2.05) is 0 Å². The molecule has 2 aromatic carbocycles. The number of rotatable bonds is 6. The quantitative estimate of drug-likeness (QED) is 0.777. The molecule has 1 nitrogen and oxygen atoms in total. The van der Waals surface area contributed by atoms with Crippen LogP contribution < -0.4 is 5.32 Å². The van der Waals surface area contributed by atoms with Crippen molar-refractivity contribution in [2.45, 2.75) is 53.5 Å². The fourth-order valence-corrected chi connectivity index (χ4v) is 2.77. The van der Waals surface area contributed by atoms with Crippen LogP contribution in [0.5, 0.6) is 0 Å². The SMILES string of the molecule is Cc1ccc(CCC(C)(C)CNC(C)C)c2ccccc12. The molecular weight excluding hydrogens is 254 g/mol. The standard InChI is InChI=1S/C20H29N/c1-15(2)21-14-20(4,5)13-12-17-11-10-16(3)18-8-6-7-9-19(17)18/h6-11,15,21H,12-14H2,1-5H3. The van der Waals surface area contributed by atoms with E-state index in [1.54, 1.807) is 0 Å². The molecule has 114 valence electrons. The Morgan fingerprint density at radius 1 is 1.00 bits per heavy atom. The van der Waals surface area contributed by atoms with Crippen molar-refractivity contribution in [1.29, 1.82) is 0 Å². The van der Waals surface area contributed by atoms with Gasteiger partial charge in [0, 0.05) is 12.6 Å². The third kappa shape index (κ3) is 4.31. The highest BCUT2D eigenvalue weighted by atomic mass is 14.9. The molecule has 0 fully saturated rings. The second-order valence-corrected chi connectivity index (χ2v) is 7.29. The van der Waals surface area contributed by atoms with Gasteiger partial charge in [-0.15, -0.1) is 0 Å². The van der Waals surface area contributed by atoms with Gasteiger partial charge in [-0.05, 0) is 47.1 Å². The van der Waals surface area contributed by atoms with E-state index in [1.165, 1.54) is 28.3 Å². The molecule has 0 radical (unpaired) electrons. The number of hydrogen-bond donors (Lipinski definition) is 1. The summed E-state index contributed by atoms with van der Waals surface area (Å²) in [5.74, 6) is 0. The van der Waals surface area contributed by atoms with Crippen LogP contribution in [0.15, 0.2) is 36.4 Å². The first-order valence-corrected chi connectivity index (χ1v) is 8.10. The normalized spacial score (nSPS) is 12.3. The molecular formula is C20H29N. The minimum atomic E-state index is 0.330. The van der Waals surface area contributed by atoms with E-state index in [9.17, 15) is 0 Å². The van der Waals surface area contributed by atoms with Crippen LogP contribution in [-0.4, -0.2) is 12.6 Å². The third-order valence-electron chi connectivity index (χ3n) is 4.29. The van der Waals surface area contributed by atoms with Crippen LogP contribution in [0.3, 0.4) is 0 Å². The zero-order chi connectivity index (χ0) is 15.5. The van der Waals surface area contributed by atoms with Crippen molar-refractivity contribution in [1.82, 2.24) is 5.32 Å². The Morgan fingerprint density at radius 3 is 2.33 bits per heavy atom. The molecule has 0 bridgehead atoms. The minimum Gasteiger partial charge on any atom is -0.314 e. The van der Waals surface area contributed by atoms with E-state index in [0.717, 1.165) is 13.0 Å². The summed E-state index contributed by atoms with van der Waals surface area (Å²) in [6, 6.07) is 13.9. The fourth-order valence-electron chi connectivity index (χ4n) is 2.77. The highest BCUT2D eigenvalue weighted by Crippen LogP contribution is 2.27. The predicted molar refractivity (Wildman–Crippen MR) is 93.9 cm³/mol. The molecule has 21 heavy (non-hydrogen) atoms. The lowest BCUT2D eigenvalue weighted by Crippen LogP contribution is -2.34. The minimum absolute atomic E-state index is 0.330. The Hall–Kier alpha value is -1.34. The van der Waals surface area contributed by atoms with E-state index in [-0.39, 0.29) is 0 Å². The molecule has 0 heterocycles. The van der Waals surface area contributed by atoms with Gasteiger partial charge < -0.3 is 5.32 Å². The number of aryl methyl sites for hydroxylation is 2. The third-order valence-corrected chi connectivity index (χ3v) is 4.29. The van der Waals surface area contributed by atoms with E-state index < -0.39 is 0 Å². The lowest BCUT2D eigenvalue weighted by molar-refractivity contribution is 0.304. The van der Waals surface area contributed by atoms with Crippen molar-refractivity contribution in [2.75, 3.05) is 6.54 Å². The zero-order valence-corrected chi connectivity index (χ0v) is 14.2. The van der Waals surface area contributed by atoms with Gasteiger partial charge in [0.15, 0.2) is 0 Å². The Labute approximate surface area is 129 Å². The molecule has 0 spiro atoms. The van der Waals surface area contributed by atoms with Gasteiger partial charge in [-0.25, -0.2) is 0 Å². The van der Waals surface area contributed by atoms with Crippen molar-refractivity contribution in [3.05, 3.63) is 47.5 Å². The summed E-state index contributed by atoms with van der Waals surface area (Å²) >= 11 is 0. The van der Waals surface area contributed by atoms with Gasteiger partial charge in [-0.1, -0.05) is 64.1 Å². The van der Waals surface area contributed by atoms with Crippen molar-refractivity contribution in [3.63, 3.8) is 0 Å². The molecule has 0 unspecified atom stereocenters. The number of nitrogens with one attached hydrogen (secondary N) is 1. The van der Waals surface area contributed by atoms with E-state index in [0.29, 0.717) is 11.5 Å². The maximum absolute atomic E-state index is 3.57. The van der Waals surface area contributed by atoms with Crippen LogP contribution in [0.2, 0.25) is 0 Å². The lowest BCUT2D eigenvalue weighted by atomic mass is 9.85. The Morgan fingerprint density at radius 2 is 1.67 bits per heavy atom. The zero-order valence-electron chi connectivity index (χ0n) is 14.2. The molecule has 0 aliphatic heterocycles. The molecule has 0 saturated carbocycles. The first-order valence-electron chi connectivity index (χ1n) is 8.10. The average Bonchev–Trinajstić information content (AvgIpc) is 2.45. The highest BCUT2D eigenvalue weighted by molar-refractivity contribution is 5.88. The molecule has 0 aliphatic rings. The van der Waals surface area contributed by atoms with Crippen molar-refractivity contribution in [2.24, 2.45) is 5.41 Å². The highest BCUT2D eigenvalue weighted by Gasteiger charge is 2.18. The maximum atomic E-state index is 3.57. The lowest BCUT2D eigenvalue weighted by Gasteiger charge is -2.26. The summed E-state index contributed by atoms with van der Waals surface area (Å²) in [5, 5.41) is 6.39. The van der Waals surface area contributed by atoms with Gasteiger partial charge in [-0.3, -0.25) is 0 Å². The van der Waals surface area contributed by atoms with Crippen LogP contribution >= 0.6 is 0 Å². The molecule has 0 aromatic heterocycles. The topological polar surface area (TPSA) is 12.0 Å². The molecule has 1 N–H and O–H groups in total. The largest absolute Gasteiger partial charge is 0.314 e. The summed E-state index contributed by atoms with van der Waals surface area (Å²) in [6.07, 6.45) is 2.35. The van der Waals surface area contributed by atoms with Crippen LogP contribution in [-0.2, 0) is 6.42 Å². The van der Waals surface area contributed by atoms with Crippen LogP contribution in [0.25, 0.3) is 10.8 Å². The Bertz CT molecular complexity index is 596. The van der Waals surface area contributed by atoms with Crippen molar-refractivity contribution < 1.29 is 0 Å².